The molecule has 2 N–H and O–H groups in total. The zero-order valence-corrected chi connectivity index (χ0v) is 12.7. The van der Waals surface area contributed by atoms with Crippen molar-refractivity contribution in [1.29, 1.82) is 0 Å². The molecule has 1 aromatic heterocycles. The van der Waals surface area contributed by atoms with Crippen LogP contribution in [0, 0.1) is 5.92 Å². The maximum absolute atomic E-state index is 11.7. The number of hydrogen-bond donors (Lipinski definition) is 2. The van der Waals surface area contributed by atoms with E-state index in [1.54, 1.807) is 10.9 Å². The summed E-state index contributed by atoms with van der Waals surface area (Å²) in [6, 6.07) is 7.39. The number of carbonyl (C=O) groups excluding carboxylic acids is 2. The van der Waals surface area contributed by atoms with Crippen LogP contribution in [-0.2, 0) is 11.3 Å². The van der Waals surface area contributed by atoms with Crippen LogP contribution < -0.4 is 10.6 Å². The van der Waals surface area contributed by atoms with Crippen molar-refractivity contribution in [3.05, 3.63) is 46.4 Å². The van der Waals surface area contributed by atoms with Crippen LogP contribution in [0.25, 0.3) is 0 Å². The van der Waals surface area contributed by atoms with Crippen molar-refractivity contribution in [2.75, 3.05) is 5.32 Å². The van der Waals surface area contributed by atoms with Crippen molar-refractivity contribution in [3.63, 3.8) is 0 Å². The molecule has 5 nitrogen and oxygen atoms in total. The highest BCUT2D eigenvalue weighted by molar-refractivity contribution is 7.07. The van der Waals surface area contributed by atoms with Crippen molar-refractivity contribution < 1.29 is 9.59 Å². The molecule has 0 aliphatic rings. The fraction of sp³-hybridized carbons (Fsp3) is 0.267. The van der Waals surface area contributed by atoms with Gasteiger partial charge in [0.25, 0.3) is 5.91 Å². The van der Waals surface area contributed by atoms with Crippen molar-refractivity contribution in [2.24, 2.45) is 5.92 Å². The SMILES string of the molecule is CC(C)C(=O)Nc1ccc(CNC(=O)c2cscn2)cc1. The second-order valence-corrected chi connectivity index (χ2v) is 5.62. The number of carbonyl (C=O) groups is 2. The zero-order chi connectivity index (χ0) is 15.2. The monoisotopic (exact) mass is 303 g/mol. The fourth-order valence-electron chi connectivity index (χ4n) is 1.59. The quantitative estimate of drug-likeness (QED) is 0.892. The van der Waals surface area contributed by atoms with Gasteiger partial charge >= 0.3 is 0 Å². The molecule has 2 rings (SSSR count). The summed E-state index contributed by atoms with van der Waals surface area (Å²) in [6.45, 7) is 4.12. The molecule has 0 spiro atoms. The summed E-state index contributed by atoms with van der Waals surface area (Å²) in [5.74, 6) is -0.255. The van der Waals surface area contributed by atoms with Crippen LogP contribution in [0.3, 0.4) is 0 Å². The number of anilines is 1. The Kier molecular flexibility index (Phi) is 5.05. The highest BCUT2D eigenvalue weighted by Gasteiger charge is 2.08. The molecule has 0 aliphatic heterocycles. The van der Waals surface area contributed by atoms with Gasteiger partial charge in [-0.1, -0.05) is 26.0 Å². The van der Waals surface area contributed by atoms with Gasteiger partial charge in [0, 0.05) is 23.5 Å². The summed E-state index contributed by atoms with van der Waals surface area (Å²) in [4.78, 5) is 27.3. The minimum absolute atomic E-state index is 0.0143. The molecule has 0 radical (unpaired) electrons. The average Bonchev–Trinajstić information content (AvgIpc) is 3.00. The van der Waals surface area contributed by atoms with Crippen LogP contribution >= 0.6 is 11.3 Å². The fourth-order valence-corrected chi connectivity index (χ4v) is 2.12. The molecular formula is C15H17N3O2S. The number of benzene rings is 1. The molecule has 21 heavy (non-hydrogen) atoms. The van der Waals surface area contributed by atoms with E-state index in [1.165, 1.54) is 11.3 Å². The van der Waals surface area contributed by atoms with Crippen LogP contribution in [0.4, 0.5) is 5.69 Å². The lowest BCUT2D eigenvalue weighted by molar-refractivity contribution is -0.118. The Bertz CT molecular complexity index is 606. The van der Waals surface area contributed by atoms with Crippen LogP contribution in [0.1, 0.15) is 29.9 Å². The molecule has 0 aliphatic carbocycles. The summed E-state index contributed by atoms with van der Waals surface area (Å²) < 4.78 is 0. The van der Waals surface area contributed by atoms with Gasteiger partial charge in [-0.15, -0.1) is 11.3 Å². The molecule has 0 atom stereocenters. The zero-order valence-electron chi connectivity index (χ0n) is 11.9. The van der Waals surface area contributed by atoms with Gasteiger partial charge in [0.2, 0.25) is 5.91 Å². The number of thiazole rings is 1. The Balaban J connectivity index is 1.88. The normalized spacial score (nSPS) is 10.4. The lowest BCUT2D eigenvalue weighted by Crippen LogP contribution is -2.23. The van der Waals surface area contributed by atoms with Crippen molar-refractivity contribution in [3.8, 4) is 0 Å². The lowest BCUT2D eigenvalue weighted by atomic mass is 10.1. The first kappa shape index (κ1) is 15.2. The van der Waals surface area contributed by atoms with Gasteiger partial charge < -0.3 is 10.6 Å². The molecular weight excluding hydrogens is 286 g/mol. The van der Waals surface area contributed by atoms with Crippen molar-refractivity contribution >= 4 is 28.8 Å². The number of aromatic nitrogens is 1. The van der Waals surface area contributed by atoms with Crippen LogP contribution in [0.2, 0.25) is 0 Å². The predicted octanol–water partition coefficient (Wildman–Crippen LogP) is 2.67. The highest BCUT2D eigenvalue weighted by Crippen LogP contribution is 2.11. The molecule has 6 heteroatoms. The molecule has 0 bridgehead atoms. The van der Waals surface area contributed by atoms with Gasteiger partial charge in [-0.05, 0) is 17.7 Å². The van der Waals surface area contributed by atoms with Gasteiger partial charge in [0.05, 0.1) is 5.51 Å². The first-order valence-electron chi connectivity index (χ1n) is 6.62. The van der Waals surface area contributed by atoms with Crippen LogP contribution in [0.15, 0.2) is 35.2 Å². The van der Waals surface area contributed by atoms with E-state index >= 15 is 0 Å². The van der Waals surface area contributed by atoms with Crippen molar-refractivity contribution in [1.82, 2.24) is 10.3 Å². The molecule has 0 unspecified atom stereocenters. The summed E-state index contributed by atoms with van der Waals surface area (Å²) in [5.41, 5.74) is 3.77. The van der Waals surface area contributed by atoms with Crippen LogP contribution in [0.5, 0.6) is 0 Å². The van der Waals surface area contributed by atoms with E-state index in [0.717, 1.165) is 11.3 Å². The number of nitrogens with zero attached hydrogens (tertiary/aromatic N) is 1. The van der Waals surface area contributed by atoms with Crippen LogP contribution in [-0.4, -0.2) is 16.8 Å². The minimum Gasteiger partial charge on any atom is -0.347 e. The summed E-state index contributed by atoms with van der Waals surface area (Å²) in [7, 11) is 0. The van der Waals surface area contributed by atoms with E-state index in [2.05, 4.69) is 15.6 Å². The second-order valence-electron chi connectivity index (χ2n) is 4.90. The van der Waals surface area contributed by atoms with E-state index in [-0.39, 0.29) is 17.7 Å². The number of amides is 2. The third-order valence-electron chi connectivity index (χ3n) is 2.86. The Morgan fingerprint density at radius 3 is 2.52 bits per heavy atom. The number of hydrogen-bond acceptors (Lipinski definition) is 4. The van der Waals surface area contributed by atoms with E-state index < -0.39 is 0 Å². The lowest BCUT2D eigenvalue weighted by Gasteiger charge is -2.09. The largest absolute Gasteiger partial charge is 0.347 e. The molecule has 2 aromatic rings. The smallest absolute Gasteiger partial charge is 0.271 e. The van der Waals surface area contributed by atoms with Crippen molar-refractivity contribution in [2.45, 2.75) is 20.4 Å². The number of nitrogens with one attached hydrogen (secondary N) is 2. The Morgan fingerprint density at radius 2 is 1.95 bits per heavy atom. The molecule has 0 saturated carbocycles. The van der Waals surface area contributed by atoms with E-state index in [4.69, 9.17) is 0 Å². The summed E-state index contributed by atoms with van der Waals surface area (Å²) in [5, 5.41) is 7.33. The third kappa shape index (κ3) is 4.39. The Morgan fingerprint density at radius 1 is 1.24 bits per heavy atom. The predicted molar refractivity (Wildman–Crippen MR) is 83.2 cm³/mol. The van der Waals surface area contributed by atoms with Gasteiger partial charge in [0.1, 0.15) is 5.69 Å². The molecule has 0 saturated heterocycles. The number of rotatable bonds is 5. The van der Waals surface area contributed by atoms with Gasteiger partial charge in [0.15, 0.2) is 0 Å². The van der Waals surface area contributed by atoms with E-state index in [0.29, 0.717) is 12.2 Å². The third-order valence-corrected chi connectivity index (χ3v) is 3.45. The van der Waals surface area contributed by atoms with Gasteiger partial charge in [-0.25, -0.2) is 4.98 Å². The topological polar surface area (TPSA) is 71.1 Å². The molecule has 1 aromatic carbocycles. The van der Waals surface area contributed by atoms with E-state index in [1.807, 2.05) is 38.1 Å². The molecule has 0 fully saturated rings. The minimum atomic E-state index is -0.187. The Hall–Kier alpha value is -2.21. The highest BCUT2D eigenvalue weighted by atomic mass is 32.1. The molecule has 1 heterocycles. The molecule has 110 valence electrons. The first-order chi connectivity index (χ1) is 10.1. The maximum Gasteiger partial charge on any atom is 0.271 e. The van der Waals surface area contributed by atoms with E-state index in [9.17, 15) is 9.59 Å². The molecule has 2 amide bonds. The summed E-state index contributed by atoms with van der Waals surface area (Å²) in [6.07, 6.45) is 0. The second kappa shape index (κ2) is 6.99. The summed E-state index contributed by atoms with van der Waals surface area (Å²) >= 11 is 1.39. The maximum atomic E-state index is 11.7. The van der Waals surface area contributed by atoms with Gasteiger partial charge in [-0.3, -0.25) is 9.59 Å². The first-order valence-corrected chi connectivity index (χ1v) is 7.56. The average molecular weight is 303 g/mol. The van der Waals surface area contributed by atoms with Gasteiger partial charge in [-0.2, -0.15) is 0 Å². The standard InChI is InChI=1S/C15H17N3O2S/c1-10(2)14(19)18-12-5-3-11(4-6-12)7-16-15(20)13-8-21-9-17-13/h3-6,8-10H,7H2,1-2H3,(H,16,20)(H,18,19). The Labute approximate surface area is 127 Å².